The molecule has 7 heteroatoms. The molecule has 0 radical (unpaired) electrons. The lowest BCUT2D eigenvalue weighted by Crippen LogP contribution is -2.11. The van der Waals surface area contributed by atoms with Gasteiger partial charge in [0.05, 0.1) is 0 Å². The summed E-state index contributed by atoms with van der Waals surface area (Å²) in [6.07, 6.45) is 0. The number of aromatic carboxylic acids is 1. The summed E-state index contributed by atoms with van der Waals surface area (Å²) in [6.45, 7) is 1.61. The molecule has 0 bridgehead atoms. The van der Waals surface area contributed by atoms with E-state index < -0.39 is 17.6 Å². The van der Waals surface area contributed by atoms with E-state index in [0.717, 1.165) is 18.2 Å². The molecule has 1 aromatic carbocycles. The predicted molar refractivity (Wildman–Crippen MR) is 66.6 cm³/mol. The molecule has 19 heavy (non-hydrogen) atoms. The molecule has 0 saturated heterocycles. The van der Waals surface area contributed by atoms with Gasteiger partial charge in [0.2, 0.25) is 0 Å². The highest BCUT2D eigenvalue weighted by atomic mass is 32.1. The van der Waals surface area contributed by atoms with Crippen LogP contribution < -0.4 is 0 Å². The van der Waals surface area contributed by atoms with E-state index in [1.54, 1.807) is 6.92 Å². The fraction of sp³-hybridized carbons (Fsp3) is 0.167. The summed E-state index contributed by atoms with van der Waals surface area (Å²) >= 11 is 3.97. The van der Waals surface area contributed by atoms with E-state index in [9.17, 15) is 13.6 Å². The van der Waals surface area contributed by atoms with E-state index in [-0.39, 0.29) is 17.3 Å². The van der Waals surface area contributed by atoms with Gasteiger partial charge < -0.3 is 9.67 Å². The molecule has 0 spiro atoms. The normalized spacial score (nSPS) is 10.7. The number of aromatic nitrogens is 2. The largest absolute Gasteiger partial charge is 0.476 e. The lowest BCUT2D eigenvalue weighted by molar-refractivity contribution is 0.0681. The van der Waals surface area contributed by atoms with Gasteiger partial charge in [-0.2, -0.15) is 0 Å². The van der Waals surface area contributed by atoms with E-state index in [0.29, 0.717) is 11.4 Å². The van der Waals surface area contributed by atoms with Crippen LogP contribution in [0.1, 0.15) is 21.9 Å². The van der Waals surface area contributed by atoms with E-state index in [4.69, 9.17) is 5.11 Å². The number of imidazole rings is 1. The van der Waals surface area contributed by atoms with Gasteiger partial charge in [-0.15, -0.1) is 12.6 Å². The maximum Gasteiger partial charge on any atom is 0.355 e. The minimum Gasteiger partial charge on any atom is -0.476 e. The molecule has 4 nitrogen and oxygen atoms in total. The van der Waals surface area contributed by atoms with Crippen LogP contribution in [0.3, 0.4) is 0 Å². The number of benzene rings is 1. The van der Waals surface area contributed by atoms with Gasteiger partial charge in [-0.3, -0.25) is 0 Å². The topological polar surface area (TPSA) is 55.1 Å². The monoisotopic (exact) mass is 284 g/mol. The van der Waals surface area contributed by atoms with Crippen LogP contribution in [0.4, 0.5) is 8.78 Å². The second kappa shape index (κ2) is 5.00. The average molecular weight is 284 g/mol. The minimum absolute atomic E-state index is 0.00963. The maximum atomic E-state index is 13.1. The second-order valence-electron chi connectivity index (χ2n) is 4.00. The zero-order valence-corrected chi connectivity index (χ0v) is 10.8. The summed E-state index contributed by atoms with van der Waals surface area (Å²) in [5.41, 5.74) is 0.208. The molecule has 100 valence electrons. The predicted octanol–water partition coefficient (Wildman–Crippen LogP) is 2.50. The van der Waals surface area contributed by atoms with Gasteiger partial charge in [-0.05, 0) is 24.6 Å². The Morgan fingerprint density at radius 3 is 2.47 bits per heavy atom. The Labute approximate surface area is 113 Å². The molecule has 0 fully saturated rings. The number of carboxylic acids is 1. The van der Waals surface area contributed by atoms with Gasteiger partial charge >= 0.3 is 5.97 Å². The van der Waals surface area contributed by atoms with Crippen LogP contribution in [0, 0.1) is 18.6 Å². The van der Waals surface area contributed by atoms with E-state index in [1.807, 2.05) is 0 Å². The van der Waals surface area contributed by atoms with E-state index in [2.05, 4.69) is 17.6 Å². The highest BCUT2D eigenvalue weighted by Crippen LogP contribution is 2.18. The van der Waals surface area contributed by atoms with Crippen molar-refractivity contribution in [2.45, 2.75) is 18.5 Å². The minimum atomic E-state index is -1.19. The Balaban J connectivity index is 2.46. The number of carboxylic acid groups (broad SMARTS) is 1. The lowest BCUT2D eigenvalue weighted by Gasteiger charge is -2.08. The third-order valence-corrected chi connectivity index (χ3v) is 2.92. The number of aryl methyl sites for hydroxylation is 1. The molecule has 0 unspecified atom stereocenters. The fourth-order valence-corrected chi connectivity index (χ4v) is 2.20. The van der Waals surface area contributed by atoms with Crippen molar-refractivity contribution in [1.29, 1.82) is 0 Å². The highest BCUT2D eigenvalue weighted by Gasteiger charge is 2.19. The van der Waals surface area contributed by atoms with Crippen molar-refractivity contribution in [3.8, 4) is 0 Å². The Morgan fingerprint density at radius 2 is 1.95 bits per heavy atom. The second-order valence-corrected chi connectivity index (χ2v) is 4.42. The van der Waals surface area contributed by atoms with Crippen molar-refractivity contribution >= 4 is 18.6 Å². The zero-order chi connectivity index (χ0) is 14.2. The smallest absolute Gasteiger partial charge is 0.355 e. The first-order valence-corrected chi connectivity index (χ1v) is 5.77. The van der Waals surface area contributed by atoms with Crippen LogP contribution in [0.2, 0.25) is 0 Å². The van der Waals surface area contributed by atoms with Crippen LogP contribution >= 0.6 is 12.6 Å². The molecule has 1 heterocycles. The van der Waals surface area contributed by atoms with Crippen molar-refractivity contribution in [1.82, 2.24) is 9.55 Å². The molecule has 0 atom stereocenters. The van der Waals surface area contributed by atoms with Gasteiger partial charge in [-0.25, -0.2) is 18.6 Å². The summed E-state index contributed by atoms with van der Waals surface area (Å²) in [5.74, 6) is -2.21. The lowest BCUT2D eigenvalue weighted by atomic mass is 10.2. The number of thiol groups is 1. The van der Waals surface area contributed by atoms with Gasteiger partial charge in [-0.1, -0.05) is 0 Å². The summed E-state index contributed by atoms with van der Waals surface area (Å²) in [4.78, 5) is 15.1. The summed E-state index contributed by atoms with van der Waals surface area (Å²) in [7, 11) is 0. The van der Waals surface area contributed by atoms with Crippen LogP contribution in [-0.2, 0) is 6.54 Å². The first kappa shape index (κ1) is 13.5. The van der Waals surface area contributed by atoms with Crippen molar-refractivity contribution in [2.75, 3.05) is 0 Å². The molecule has 0 aliphatic heterocycles. The van der Waals surface area contributed by atoms with Crippen molar-refractivity contribution < 1.29 is 18.7 Å². The Kier molecular flexibility index (Phi) is 3.57. The number of halogens is 2. The molecule has 1 aromatic heterocycles. The number of nitrogens with zero attached hydrogens (tertiary/aromatic N) is 2. The van der Waals surface area contributed by atoms with Gasteiger partial charge in [0.15, 0.2) is 5.69 Å². The van der Waals surface area contributed by atoms with Crippen LogP contribution in [0.25, 0.3) is 0 Å². The SMILES string of the molecule is Cc1nc(S)c(C(=O)O)n1Cc1cc(F)cc(F)c1. The number of rotatable bonds is 3. The van der Waals surface area contributed by atoms with Crippen LogP contribution in [0.5, 0.6) is 0 Å². The molecule has 0 aliphatic carbocycles. The van der Waals surface area contributed by atoms with Crippen LogP contribution in [-0.4, -0.2) is 20.6 Å². The average Bonchev–Trinajstić information content (AvgIpc) is 2.52. The zero-order valence-electron chi connectivity index (χ0n) is 9.89. The quantitative estimate of drug-likeness (QED) is 0.851. The molecule has 0 amide bonds. The van der Waals surface area contributed by atoms with Gasteiger partial charge in [0, 0.05) is 12.6 Å². The molecular formula is C12H10F2N2O2S. The summed E-state index contributed by atoms with van der Waals surface area (Å²) < 4.78 is 27.5. The first-order valence-electron chi connectivity index (χ1n) is 5.33. The molecular weight excluding hydrogens is 274 g/mol. The standard InChI is InChI=1S/C12H10F2N2O2S/c1-6-15-11(19)10(12(17)18)16(6)5-7-2-8(13)4-9(14)3-7/h2-4,19H,5H2,1H3,(H,17,18). The van der Waals surface area contributed by atoms with E-state index in [1.165, 1.54) is 4.57 Å². The van der Waals surface area contributed by atoms with E-state index >= 15 is 0 Å². The third kappa shape index (κ3) is 2.76. The van der Waals surface area contributed by atoms with Gasteiger partial charge in [0.1, 0.15) is 22.5 Å². The maximum absolute atomic E-state index is 13.1. The third-order valence-electron chi connectivity index (χ3n) is 2.61. The fourth-order valence-electron chi connectivity index (χ4n) is 1.84. The van der Waals surface area contributed by atoms with Crippen molar-refractivity contribution in [3.05, 3.63) is 46.9 Å². The molecule has 2 aromatic rings. The molecule has 0 aliphatic rings. The molecule has 0 saturated carbocycles. The summed E-state index contributed by atoms with van der Waals surface area (Å²) in [5, 5.41) is 9.16. The van der Waals surface area contributed by atoms with Crippen molar-refractivity contribution in [3.63, 3.8) is 0 Å². The van der Waals surface area contributed by atoms with Crippen molar-refractivity contribution in [2.24, 2.45) is 0 Å². The first-order chi connectivity index (χ1) is 8.88. The highest BCUT2D eigenvalue weighted by molar-refractivity contribution is 7.80. The van der Waals surface area contributed by atoms with Crippen LogP contribution in [0.15, 0.2) is 23.2 Å². The Bertz CT molecular complexity index is 635. The molecule has 2 rings (SSSR count). The van der Waals surface area contributed by atoms with Gasteiger partial charge in [0.25, 0.3) is 0 Å². The number of hydrogen-bond acceptors (Lipinski definition) is 3. The Morgan fingerprint density at radius 1 is 1.37 bits per heavy atom. The number of hydrogen-bond donors (Lipinski definition) is 2. The summed E-state index contributed by atoms with van der Waals surface area (Å²) in [6, 6.07) is 3.05. The number of carbonyl (C=O) groups is 1. The molecule has 1 N–H and O–H groups in total. The Hall–Kier alpha value is -1.89.